The van der Waals surface area contributed by atoms with Gasteiger partial charge in [0, 0.05) is 10.9 Å². The second-order valence-electron chi connectivity index (χ2n) is 4.30. The van der Waals surface area contributed by atoms with E-state index in [1.807, 2.05) is 23.6 Å². The number of thiophene rings is 1. The lowest BCUT2D eigenvalue weighted by Gasteiger charge is -2.17. The van der Waals surface area contributed by atoms with Gasteiger partial charge in [0.25, 0.3) is 0 Å². The zero-order valence-corrected chi connectivity index (χ0v) is 12.7. The number of methoxy groups -OCH3 is 1. The van der Waals surface area contributed by atoms with Gasteiger partial charge in [-0.15, -0.1) is 11.3 Å². The van der Waals surface area contributed by atoms with E-state index in [4.69, 9.17) is 16.3 Å². The molecule has 1 heterocycles. The Hall–Kier alpha value is -1.03. The number of rotatable bonds is 6. The Morgan fingerprint density at radius 2 is 2.00 bits per heavy atom. The van der Waals surface area contributed by atoms with Crippen molar-refractivity contribution in [2.75, 3.05) is 13.7 Å². The summed E-state index contributed by atoms with van der Waals surface area (Å²) in [7, 11) is 1.68. The van der Waals surface area contributed by atoms with Crippen molar-refractivity contribution in [2.45, 2.75) is 19.4 Å². The van der Waals surface area contributed by atoms with Crippen LogP contribution in [0.3, 0.4) is 0 Å². The molecule has 4 heteroatoms. The van der Waals surface area contributed by atoms with Gasteiger partial charge >= 0.3 is 0 Å². The van der Waals surface area contributed by atoms with Crippen LogP contribution < -0.4 is 10.1 Å². The number of halogens is 1. The summed E-state index contributed by atoms with van der Waals surface area (Å²) in [6.45, 7) is 3.04. The minimum atomic E-state index is 0.269. The van der Waals surface area contributed by atoms with Gasteiger partial charge in [-0.3, -0.25) is 0 Å². The van der Waals surface area contributed by atoms with Gasteiger partial charge in [-0.05, 0) is 42.1 Å². The number of likely N-dealkylation sites (N-methyl/N-ethyl adjacent to an activating group) is 1. The molecule has 2 rings (SSSR count). The van der Waals surface area contributed by atoms with E-state index in [0.29, 0.717) is 0 Å². The summed E-state index contributed by atoms with van der Waals surface area (Å²) in [5, 5.41) is 6.39. The third-order valence-corrected chi connectivity index (χ3v) is 4.48. The maximum Gasteiger partial charge on any atom is 0.118 e. The molecule has 0 aliphatic heterocycles. The molecule has 1 atom stereocenters. The molecule has 0 aliphatic rings. The lowest BCUT2D eigenvalue weighted by Crippen LogP contribution is -2.22. The maximum absolute atomic E-state index is 6.23. The summed E-state index contributed by atoms with van der Waals surface area (Å²) in [4.78, 5) is 1.21. The summed E-state index contributed by atoms with van der Waals surface area (Å²) in [6.07, 6.45) is 0.929. The molecule has 19 heavy (non-hydrogen) atoms. The van der Waals surface area contributed by atoms with Crippen LogP contribution >= 0.6 is 22.9 Å². The molecule has 2 aromatic rings. The molecule has 0 aliphatic carbocycles. The van der Waals surface area contributed by atoms with Crippen LogP contribution in [0.5, 0.6) is 5.75 Å². The quantitative estimate of drug-likeness (QED) is 0.858. The van der Waals surface area contributed by atoms with Crippen molar-refractivity contribution in [1.29, 1.82) is 0 Å². The highest BCUT2D eigenvalue weighted by Crippen LogP contribution is 2.31. The van der Waals surface area contributed by atoms with Gasteiger partial charge < -0.3 is 10.1 Å². The molecule has 0 fully saturated rings. The molecule has 102 valence electrons. The highest BCUT2D eigenvalue weighted by Gasteiger charge is 2.15. The molecule has 1 aromatic carbocycles. The lowest BCUT2D eigenvalue weighted by molar-refractivity contribution is 0.414. The van der Waals surface area contributed by atoms with E-state index in [2.05, 4.69) is 24.4 Å². The van der Waals surface area contributed by atoms with Gasteiger partial charge in [0.15, 0.2) is 0 Å². The first-order valence-electron chi connectivity index (χ1n) is 6.33. The van der Waals surface area contributed by atoms with Crippen molar-refractivity contribution in [2.24, 2.45) is 0 Å². The highest BCUT2D eigenvalue weighted by atomic mass is 35.5. The first-order valence-corrected chi connectivity index (χ1v) is 7.59. The molecule has 1 N–H and O–H groups in total. The molecule has 0 spiro atoms. The van der Waals surface area contributed by atoms with E-state index in [1.54, 1.807) is 18.4 Å². The number of benzene rings is 1. The zero-order valence-electron chi connectivity index (χ0n) is 11.2. The van der Waals surface area contributed by atoms with Crippen LogP contribution in [0.25, 0.3) is 0 Å². The average Bonchev–Trinajstić information content (AvgIpc) is 2.85. The Bertz CT molecular complexity index is 509. The molecular weight excluding hydrogens is 278 g/mol. The molecule has 1 unspecified atom stereocenters. The summed E-state index contributed by atoms with van der Waals surface area (Å²) < 4.78 is 5.18. The van der Waals surface area contributed by atoms with E-state index in [9.17, 15) is 0 Å². The third-order valence-electron chi connectivity index (χ3n) is 3.01. The van der Waals surface area contributed by atoms with E-state index in [0.717, 1.165) is 23.7 Å². The Balaban J connectivity index is 2.14. The topological polar surface area (TPSA) is 21.3 Å². The molecule has 0 bridgehead atoms. The fourth-order valence-corrected chi connectivity index (χ4v) is 3.32. The van der Waals surface area contributed by atoms with Gasteiger partial charge in [-0.2, -0.15) is 0 Å². The van der Waals surface area contributed by atoms with Crippen molar-refractivity contribution < 1.29 is 4.74 Å². The summed E-state index contributed by atoms with van der Waals surface area (Å²) >= 11 is 7.94. The van der Waals surface area contributed by atoms with Crippen molar-refractivity contribution in [3.8, 4) is 5.75 Å². The van der Waals surface area contributed by atoms with Gasteiger partial charge in [0.2, 0.25) is 0 Å². The Kier molecular flexibility index (Phi) is 5.25. The third kappa shape index (κ3) is 3.72. The zero-order chi connectivity index (χ0) is 13.7. The first kappa shape index (κ1) is 14.4. The summed E-state index contributed by atoms with van der Waals surface area (Å²) in [5.74, 6) is 0.887. The van der Waals surface area contributed by atoms with Gasteiger partial charge in [-0.1, -0.05) is 30.7 Å². The van der Waals surface area contributed by atoms with Crippen LogP contribution in [0.4, 0.5) is 0 Å². The molecule has 1 aromatic heterocycles. The molecule has 0 saturated carbocycles. The average molecular weight is 296 g/mol. The van der Waals surface area contributed by atoms with Crippen molar-refractivity contribution >= 4 is 22.9 Å². The van der Waals surface area contributed by atoms with Crippen molar-refractivity contribution in [3.05, 3.63) is 51.2 Å². The smallest absolute Gasteiger partial charge is 0.118 e. The molecule has 2 nitrogen and oxygen atoms in total. The highest BCUT2D eigenvalue weighted by molar-refractivity contribution is 7.10. The van der Waals surface area contributed by atoms with Crippen LogP contribution in [0.2, 0.25) is 5.02 Å². The van der Waals surface area contributed by atoms with Crippen LogP contribution in [0.1, 0.15) is 23.4 Å². The van der Waals surface area contributed by atoms with Crippen LogP contribution in [0.15, 0.2) is 35.7 Å². The van der Waals surface area contributed by atoms with Crippen LogP contribution in [-0.2, 0) is 6.42 Å². The number of nitrogens with one attached hydrogen (secondary N) is 1. The Morgan fingerprint density at radius 1 is 1.26 bits per heavy atom. The number of hydrogen-bond donors (Lipinski definition) is 1. The molecule has 0 amide bonds. The lowest BCUT2D eigenvalue weighted by atomic mass is 10.0. The summed E-state index contributed by atoms with van der Waals surface area (Å²) in [6, 6.07) is 10.4. The summed E-state index contributed by atoms with van der Waals surface area (Å²) in [5.41, 5.74) is 1.27. The van der Waals surface area contributed by atoms with E-state index < -0.39 is 0 Å². The van der Waals surface area contributed by atoms with Crippen molar-refractivity contribution in [1.82, 2.24) is 5.32 Å². The number of ether oxygens (including phenoxy) is 1. The Labute approximate surface area is 123 Å². The van der Waals surface area contributed by atoms with Gasteiger partial charge in [0.1, 0.15) is 5.75 Å². The minimum Gasteiger partial charge on any atom is -0.497 e. The minimum absolute atomic E-state index is 0.269. The van der Waals surface area contributed by atoms with Crippen molar-refractivity contribution in [3.63, 3.8) is 0 Å². The van der Waals surface area contributed by atoms with Crippen LogP contribution in [0, 0.1) is 0 Å². The van der Waals surface area contributed by atoms with Crippen LogP contribution in [-0.4, -0.2) is 13.7 Å². The standard InChI is InChI=1S/C15H18ClNOS/c1-3-17-14(15-13(16)8-9-19-15)10-11-4-6-12(18-2)7-5-11/h4-9,14,17H,3,10H2,1-2H3. The number of hydrogen-bond acceptors (Lipinski definition) is 3. The largest absolute Gasteiger partial charge is 0.497 e. The van der Waals surface area contributed by atoms with E-state index >= 15 is 0 Å². The predicted octanol–water partition coefficient (Wildman–Crippen LogP) is 4.30. The monoisotopic (exact) mass is 295 g/mol. The second kappa shape index (κ2) is 6.94. The van der Waals surface area contributed by atoms with Gasteiger partial charge in [-0.25, -0.2) is 0 Å². The van der Waals surface area contributed by atoms with E-state index in [1.165, 1.54) is 10.4 Å². The van der Waals surface area contributed by atoms with Gasteiger partial charge in [0.05, 0.1) is 12.1 Å². The predicted molar refractivity (Wildman–Crippen MR) is 82.4 cm³/mol. The molecule has 0 saturated heterocycles. The molecule has 0 radical (unpaired) electrons. The Morgan fingerprint density at radius 3 is 2.53 bits per heavy atom. The van der Waals surface area contributed by atoms with E-state index in [-0.39, 0.29) is 6.04 Å². The fourth-order valence-electron chi connectivity index (χ4n) is 2.06. The molecular formula is C15H18ClNOS. The SMILES string of the molecule is CCNC(Cc1ccc(OC)cc1)c1sccc1Cl. The fraction of sp³-hybridized carbons (Fsp3) is 0.333. The second-order valence-corrected chi connectivity index (χ2v) is 5.65. The first-order chi connectivity index (χ1) is 9.24. The maximum atomic E-state index is 6.23. The normalized spacial score (nSPS) is 12.4.